The van der Waals surface area contributed by atoms with Gasteiger partial charge in [0.2, 0.25) is 11.8 Å². The molecule has 3 aromatic rings. The Morgan fingerprint density at radius 3 is 2.26 bits per heavy atom. The zero-order valence-corrected chi connectivity index (χ0v) is 22.4. The number of hydrogen-bond donors (Lipinski definition) is 4. The third-order valence-corrected chi connectivity index (χ3v) is 5.90. The first-order chi connectivity index (χ1) is 18.4. The second kappa shape index (κ2) is 12.3. The molecule has 2 atom stereocenters. The van der Waals surface area contributed by atoms with E-state index in [9.17, 15) is 24.3 Å². The summed E-state index contributed by atoms with van der Waals surface area (Å²) in [5.41, 5.74) is 5.14. The molecule has 0 aliphatic heterocycles. The predicted molar refractivity (Wildman–Crippen MR) is 148 cm³/mol. The average molecular weight is 535 g/mol. The average Bonchev–Trinajstić information content (AvgIpc) is 2.86. The van der Waals surface area contributed by atoms with Gasteiger partial charge in [-0.2, -0.15) is 0 Å². The van der Waals surface area contributed by atoms with Gasteiger partial charge in [-0.3, -0.25) is 14.4 Å². The molecule has 0 bridgehead atoms. The van der Waals surface area contributed by atoms with Crippen molar-refractivity contribution in [3.8, 4) is 5.75 Å². The molecule has 0 aliphatic carbocycles. The second-order valence-corrected chi connectivity index (χ2v) is 10.2. The molecule has 0 spiro atoms. The standard InChI is InChI=1S/C29H34N4O6/c1-29(2,3)39-28(38)32-22(15-16-24(30)35)27(37)33(4)25(21-11-7-8-12-23(21)34)26(36)31-20-14-13-18-9-5-6-10-19(18)17-20/h5-14,17,22,25,34H,15-16H2,1-4H3,(H2,30,35)(H,31,36)(H,32,38). The summed E-state index contributed by atoms with van der Waals surface area (Å²) in [5.74, 6) is -2.12. The monoisotopic (exact) mass is 534 g/mol. The molecule has 0 aliphatic rings. The lowest BCUT2D eigenvalue weighted by Crippen LogP contribution is -2.51. The molecule has 39 heavy (non-hydrogen) atoms. The molecule has 2 unspecified atom stereocenters. The van der Waals surface area contributed by atoms with Gasteiger partial charge in [0.05, 0.1) is 0 Å². The van der Waals surface area contributed by atoms with Gasteiger partial charge in [0.25, 0.3) is 5.91 Å². The van der Waals surface area contributed by atoms with Crippen LogP contribution in [0.25, 0.3) is 10.8 Å². The number of benzene rings is 3. The summed E-state index contributed by atoms with van der Waals surface area (Å²) in [5, 5.41) is 17.8. The van der Waals surface area contributed by atoms with Gasteiger partial charge < -0.3 is 31.1 Å². The highest BCUT2D eigenvalue weighted by Crippen LogP contribution is 2.30. The van der Waals surface area contributed by atoms with Crippen LogP contribution in [0.2, 0.25) is 0 Å². The van der Waals surface area contributed by atoms with Gasteiger partial charge in [-0.25, -0.2) is 4.79 Å². The van der Waals surface area contributed by atoms with Crippen molar-refractivity contribution in [3.63, 3.8) is 0 Å². The number of para-hydroxylation sites is 1. The van der Waals surface area contributed by atoms with E-state index >= 15 is 0 Å². The van der Waals surface area contributed by atoms with Gasteiger partial charge in [0, 0.05) is 24.7 Å². The fourth-order valence-electron chi connectivity index (χ4n) is 4.09. The maximum atomic E-state index is 13.7. The topological polar surface area (TPSA) is 151 Å². The van der Waals surface area contributed by atoms with E-state index in [1.54, 1.807) is 45.0 Å². The SMILES string of the molecule is CN(C(=O)C(CCC(N)=O)NC(=O)OC(C)(C)C)C(C(=O)Nc1ccc2ccccc2c1)c1ccccc1O. The van der Waals surface area contributed by atoms with E-state index in [-0.39, 0.29) is 24.2 Å². The Morgan fingerprint density at radius 1 is 0.974 bits per heavy atom. The summed E-state index contributed by atoms with van der Waals surface area (Å²) in [6, 6.07) is 16.7. The Hall–Kier alpha value is -4.60. The van der Waals surface area contributed by atoms with E-state index < -0.39 is 41.5 Å². The summed E-state index contributed by atoms with van der Waals surface area (Å²) in [7, 11) is 1.38. The summed E-state index contributed by atoms with van der Waals surface area (Å²) in [4.78, 5) is 52.4. The number of phenolic OH excluding ortho intramolecular Hbond substituents is 1. The molecule has 0 saturated carbocycles. The smallest absolute Gasteiger partial charge is 0.408 e. The molecule has 0 aromatic heterocycles. The number of nitrogens with zero attached hydrogens (tertiary/aromatic N) is 1. The minimum Gasteiger partial charge on any atom is -0.508 e. The molecule has 0 heterocycles. The Balaban J connectivity index is 1.93. The minimum atomic E-state index is -1.28. The van der Waals surface area contributed by atoms with Gasteiger partial charge in [-0.1, -0.05) is 48.5 Å². The van der Waals surface area contributed by atoms with Crippen LogP contribution >= 0.6 is 0 Å². The van der Waals surface area contributed by atoms with Crippen molar-refractivity contribution in [2.75, 3.05) is 12.4 Å². The van der Waals surface area contributed by atoms with Crippen LogP contribution in [0.4, 0.5) is 10.5 Å². The molecule has 206 valence electrons. The van der Waals surface area contributed by atoms with Crippen molar-refractivity contribution in [1.82, 2.24) is 10.2 Å². The zero-order valence-electron chi connectivity index (χ0n) is 22.4. The predicted octanol–water partition coefficient (Wildman–Crippen LogP) is 3.84. The van der Waals surface area contributed by atoms with Gasteiger partial charge >= 0.3 is 6.09 Å². The fourth-order valence-corrected chi connectivity index (χ4v) is 4.09. The number of primary amides is 1. The van der Waals surface area contributed by atoms with Crippen LogP contribution in [-0.2, 0) is 19.1 Å². The van der Waals surface area contributed by atoms with Gasteiger partial charge in [0.1, 0.15) is 23.4 Å². The highest BCUT2D eigenvalue weighted by molar-refractivity contribution is 6.00. The number of amides is 4. The molecule has 3 aromatic carbocycles. The number of nitrogens with one attached hydrogen (secondary N) is 2. The first-order valence-electron chi connectivity index (χ1n) is 12.5. The highest BCUT2D eigenvalue weighted by Gasteiger charge is 2.35. The van der Waals surface area contributed by atoms with Crippen molar-refractivity contribution in [3.05, 3.63) is 72.3 Å². The number of fused-ring (bicyclic) bond motifs is 1. The van der Waals surface area contributed by atoms with E-state index in [1.807, 2.05) is 30.3 Å². The van der Waals surface area contributed by atoms with Crippen molar-refractivity contribution in [2.24, 2.45) is 5.73 Å². The maximum Gasteiger partial charge on any atom is 0.408 e. The van der Waals surface area contributed by atoms with E-state index in [1.165, 1.54) is 19.2 Å². The normalized spacial score (nSPS) is 12.7. The molecule has 10 nitrogen and oxygen atoms in total. The molecular weight excluding hydrogens is 500 g/mol. The van der Waals surface area contributed by atoms with Crippen LogP contribution in [-0.4, -0.2) is 52.5 Å². The van der Waals surface area contributed by atoms with Crippen molar-refractivity contribution >= 4 is 40.3 Å². The number of carbonyl (C=O) groups is 4. The lowest BCUT2D eigenvalue weighted by atomic mass is 10.0. The zero-order chi connectivity index (χ0) is 28.7. The third-order valence-electron chi connectivity index (χ3n) is 5.90. The Labute approximate surface area is 227 Å². The molecule has 5 N–H and O–H groups in total. The number of alkyl carbamates (subject to hydrolysis) is 1. The lowest BCUT2D eigenvalue weighted by molar-refractivity contribution is -0.139. The van der Waals surface area contributed by atoms with Crippen LogP contribution in [0.5, 0.6) is 5.75 Å². The maximum absolute atomic E-state index is 13.7. The number of rotatable bonds is 9. The number of likely N-dealkylation sites (N-methyl/N-ethyl adjacent to an activating group) is 1. The van der Waals surface area contributed by atoms with E-state index in [0.29, 0.717) is 5.69 Å². The summed E-state index contributed by atoms with van der Waals surface area (Å²) in [6.45, 7) is 5.01. The van der Waals surface area contributed by atoms with E-state index in [0.717, 1.165) is 15.7 Å². The lowest BCUT2D eigenvalue weighted by Gasteiger charge is -2.32. The number of aromatic hydroxyl groups is 1. The highest BCUT2D eigenvalue weighted by atomic mass is 16.6. The van der Waals surface area contributed by atoms with E-state index in [4.69, 9.17) is 10.5 Å². The minimum absolute atomic E-state index is 0.114. The number of nitrogens with two attached hydrogens (primary N) is 1. The molecule has 3 rings (SSSR count). The largest absolute Gasteiger partial charge is 0.508 e. The van der Waals surface area contributed by atoms with Crippen molar-refractivity contribution in [2.45, 2.75) is 51.3 Å². The number of hydrogen-bond acceptors (Lipinski definition) is 6. The molecular formula is C29H34N4O6. The number of carbonyl (C=O) groups excluding carboxylic acids is 4. The molecule has 0 saturated heterocycles. The van der Waals surface area contributed by atoms with Crippen molar-refractivity contribution in [1.29, 1.82) is 0 Å². The first-order valence-corrected chi connectivity index (χ1v) is 12.5. The van der Waals surface area contributed by atoms with Gasteiger partial charge in [0.15, 0.2) is 0 Å². The molecule has 0 radical (unpaired) electrons. The summed E-state index contributed by atoms with van der Waals surface area (Å²) >= 11 is 0. The van der Waals surface area contributed by atoms with Crippen LogP contribution < -0.4 is 16.4 Å². The molecule has 0 fully saturated rings. The summed E-state index contributed by atoms with van der Waals surface area (Å²) < 4.78 is 5.27. The van der Waals surface area contributed by atoms with Crippen LogP contribution in [0.15, 0.2) is 66.7 Å². The fraction of sp³-hybridized carbons (Fsp3) is 0.310. The van der Waals surface area contributed by atoms with Crippen molar-refractivity contribution < 1.29 is 29.0 Å². The second-order valence-electron chi connectivity index (χ2n) is 10.2. The molecule has 4 amide bonds. The third kappa shape index (κ3) is 7.94. The Bertz CT molecular complexity index is 1370. The van der Waals surface area contributed by atoms with Crippen LogP contribution in [0, 0.1) is 0 Å². The number of ether oxygens (including phenoxy) is 1. The van der Waals surface area contributed by atoms with Gasteiger partial charge in [-0.05, 0) is 56.2 Å². The van der Waals surface area contributed by atoms with Crippen LogP contribution in [0.3, 0.4) is 0 Å². The number of anilines is 1. The van der Waals surface area contributed by atoms with Crippen LogP contribution in [0.1, 0.15) is 45.2 Å². The first kappa shape index (κ1) is 29.0. The quantitative estimate of drug-likeness (QED) is 0.327. The van der Waals surface area contributed by atoms with E-state index in [2.05, 4.69) is 10.6 Å². The molecule has 10 heteroatoms. The Morgan fingerprint density at radius 2 is 1.62 bits per heavy atom. The van der Waals surface area contributed by atoms with Gasteiger partial charge in [-0.15, -0.1) is 0 Å². The summed E-state index contributed by atoms with van der Waals surface area (Å²) in [6.07, 6.45) is -1.17. The number of phenols is 1. The Kier molecular flexibility index (Phi) is 9.13.